The summed E-state index contributed by atoms with van der Waals surface area (Å²) in [4.78, 5) is 24.3. The summed E-state index contributed by atoms with van der Waals surface area (Å²) < 4.78 is 13.8. The molecule has 2 fully saturated rings. The molecule has 0 radical (unpaired) electrons. The van der Waals surface area contributed by atoms with E-state index in [1.165, 1.54) is 0 Å². The molecule has 2 aliphatic rings. The van der Waals surface area contributed by atoms with E-state index >= 15 is 0 Å². The molecule has 2 aliphatic carbocycles. The third-order valence-corrected chi connectivity index (χ3v) is 8.68. The van der Waals surface area contributed by atoms with Crippen molar-refractivity contribution in [3.8, 4) is 0 Å². The van der Waals surface area contributed by atoms with Crippen molar-refractivity contribution in [2.75, 3.05) is 0 Å². The molecule has 2 atom stereocenters. The lowest BCUT2D eigenvalue weighted by molar-refractivity contribution is -0.117. The molecule has 0 bridgehead atoms. The Labute approximate surface area is 119 Å². The second kappa shape index (κ2) is 5.29. The van der Waals surface area contributed by atoms with Gasteiger partial charge in [0.2, 0.25) is 0 Å². The normalized spacial score (nSPS) is 29.6. The predicted molar refractivity (Wildman–Crippen MR) is 79.0 cm³/mol. The number of hydrogen-bond donors (Lipinski definition) is 0. The van der Waals surface area contributed by atoms with Crippen LogP contribution in [0.25, 0.3) is 0 Å². The lowest BCUT2D eigenvalue weighted by Crippen LogP contribution is -2.31. The number of carbonyl (C=O) groups is 2. The minimum Gasteiger partial charge on any atom is -0.317 e. The van der Waals surface area contributed by atoms with E-state index in [4.69, 9.17) is 0 Å². The quantitative estimate of drug-likeness (QED) is 0.804. The molecule has 3 rings (SSSR count). The maximum Gasteiger partial charge on any atom is 0.143 e. The molecule has 1 aromatic carbocycles. The van der Waals surface area contributed by atoms with Gasteiger partial charge < -0.3 is 4.57 Å². The van der Waals surface area contributed by atoms with Crippen LogP contribution in [-0.2, 0) is 14.2 Å². The van der Waals surface area contributed by atoms with Crippen LogP contribution in [0, 0.1) is 0 Å². The summed E-state index contributed by atoms with van der Waals surface area (Å²) in [5.41, 5.74) is -0.839. The van der Waals surface area contributed by atoms with E-state index in [2.05, 4.69) is 0 Å². The van der Waals surface area contributed by atoms with Gasteiger partial charge in [-0.1, -0.05) is 30.3 Å². The molecule has 0 heterocycles. The standard InChI is InChI=1S/C16H19O3P/c17-13-8-4-10-15(13)20(19,12-6-2-1-3-7-12)16-11-5-9-14(16)18/h1-3,6-7,15-16H,4-5,8-11H2. The SMILES string of the molecule is O=C1CCCC1P(=O)(c1ccccc1)C1CCCC1=O. The molecule has 0 aliphatic heterocycles. The Hall–Kier alpha value is -1.21. The highest BCUT2D eigenvalue weighted by Crippen LogP contribution is 2.61. The first-order chi connectivity index (χ1) is 9.64. The van der Waals surface area contributed by atoms with Gasteiger partial charge in [-0.25, -0.2) is 0 Å². The third kappa shape index (κ3) is 2.09. The Bertz CT molecular complexity index is 549. The first kappa shape index (κ1) is 13.8. The highest BCUT2D eigenvalue weighted by atomic mass is 31.2. The number of carbonyl (C=O) groups excluding carboxylic acids is 2. The van der Waals surface area contributed by atoms with Crippen LogP contribution in [0.2, 0.25) is 0 Å². The average molecular weight is 290 g/mol. The summed E-state index contributed by atoms with van der Waals surface area (Å²) >= 11 is 0. The van der Waals surface area contributed by atoms with E-state index in [0.717, 1.165) is 18.1 Å². The van der Waals surface area contributed by atoms with Crippen molar-refractivity contribution in [2.45, 2.75) is 49.8 Å². The van der Waals surface area contributed by atoms with Gasteiger partial charge in [-0.3, -0.25) is 9.59 Å². The van der Waals surface area contributed by atoms with E-state index in [0.29, 0.717) is 25.7 Å². The van der Waals surface area contributed by atoms with Gasteiger partial charge in [0, 0.05) is 18.1 Å². The second-order valence-electron chi connectivity index (χ2n) is 5.79. The molecular weight excluding hydrogens is 271 g/mol. The Balaban J connectivity index is 2.10. The predicted octanol–water partition coefficient (Wildman–Crippen LogP) is 2.92. The zero-order valence-corrected chi connectivity index (χ0v) is 12.4. The fourth-order valence-electron chi connectivity index (χ4n) is 3.64. The monoisotopic (exact) mass is 290 g/mol. The molecule has 0 saturated heterocycles. The molecule has 2 unspecified atom stereocenters. The second-order valence-corrected chi connectivity index (χ2v) is 8.98. The zero-order chi connectivity index (χ0) is 14.2. The molecular formula is C16H19O3P. The Morgan fingerprint density at radius 2 is 1.35 bits per heavy atom. The average Bonchev–Trinajstić information content (AvgIpc) is 3.08. The van der Waals surface area contributed by atoms with Crippen molar-refractivity contribution in [1.82, 2.24) is 0 Å². The van der Waals surface area contributed by atoms with Crippen LogP contribution in [0.15, 0.2) is 30.3 Å². The number of rotatable bonds is 3. The Kier molecular flexibility index (Phi) is 3.64. The molecule has 106 valence electrons. The number of hydrogen-bond acceptors (Lipinski definition) is 3. The minimum atomic E-state index is -2.98. The van der Waals surface area contributed by atoms with Crippen molar-refractivity contribution in [3.05, 3.63) is 30.3 Å². The van der Waals surface area contributed by atoms with Crippen LogP contribution in [0.1, 0.15) is 38.5 Å². The van der Waals surface area contributed by atoms with E-state index in [9.17, 15) is 14.2 Å². The van der Waals surface area contributed by atoms with Crippen LogP contribution in [0.5, 0.6) is 0 Å². The fraction of sp³-hybridized carbons (Fsp3) is 0.500. The first-order valence-electron chi connectivity index (χ1n) is 7.34. The minimum absolute atomic E-state index is 0.0943. The molecule has 0 aromatic heterocycles. The summed E-state index contributed by atoms with van der Waals surface area (Å²) in [7, 11) is -2.98. The van der Waals surface area contributed by atoms with Crippen LogP contribution in [0.4, 0.5) is 0 Å². The molecule has 3 nitrogen and oxygen atoms in total. The molecule has 1 aromatic rings. The van der Waals surface area contributed by atoms with Crippen molar-refractivity contribution in [3.63, 3.8) is 0 Å². The van der Waals surface area contributed by atoms with Gasteiger partial charge in [0.25, 0.3) is 0 Å². The topological polar surface area (TPSA) is 51.2 Å². The van der Waals surface area contributed by atoms with E-state index in [1.807, 2.05) is 30.3 Å². The molecule has 0 N–H and O–H groups in total. The highest BCUT2D eigenvalue weighted by molar-refractivity contribution is 7.74. The first-order valence-corrected chi connectivity index (χ1v) is 9.19. The summed E-state index contributed by atoms with van der Waals surface area (Å²) in [6, 6.07) is 9.23. The molecule has 0 spiro atoms. The van der Waals surface area contributed by atoms with Crippen molar-refractivity contribution in [1.29, 1.82) is 0 Å². The largest absolute Gasteiger partial charge is 0.317 e. The van der Waals surface area contributed by atoms with Crippen molar-refractivity contribution < 1.29 is 14.2 Å². The number of Topliss-reactive ketones (excluding diaryl/α,β-unsaturated/α-hetero) is 2. The van der Waals surface area contributed by atoms with Crippen molar-refractivity contribution in [2.24, 2.45) is 0 Å². The van der Waals surface area contributed by atoms with Gasteiger partial charge in [-0.2, -0.15) is 0 Å². The third-order valence-electron chi connectivity index (χ3n) is 4.63. The van der Waals surface area contributed by atoms with E-state index in [-0.39, 0.29) is 11.6 Å². The summed E-state index contributed by atoms with van der Waals surface area (Å²) in [6.45, 7) is 0. The van der Waals surface area contributed by atoms with Crippen LogP contribution >= 0.6 is 7.14 Å². The van der Waals surface area contributed by atoms with Gasteiger partial charge >= 0.3 is 0 Å². The summed E-state index contributed by atoms with van der Waals surface area (Å²) in [5.74, 6) is 0.189. The van der Waals surface area contributed by atoms with Gasteiger partial charge in [0.05, 0.1) is 11.3 Å². The van der Waals surface area contributed by atoms with E-state index in [1.54, 1.807) is 0 Å². The lowest BCUT2D eigenvalue weighted by Gasteiger charge is -2.28. The van der Waals surface area contributed by atoms with E-state index < -0.39 is 18.5 Å². The van der Waals surface area contributed by atoms with Crippen LogP contribution in [-0.4, -0.2) is 22.9 Å². The molecule has 2 saturated carbocycles. The molecule has 20 heavy (non-hydrogen) atoms. The van der Waals surface area contributed by atoms with Gasteiger partial charge in [-0.05, 0) is 25.7 Å². The van der Waals surface area contributed by atoms with Gasteiger partial charge in [0.15, 0.2) is 0 Å². The smallest absolute Gasteiger partial charge is 0.143 e. The maximum absolute atomic E-state index is 13.8. The lowest BCUT2D eigenvalue weighted by atomic mass is 10.3. The number of benzene rings is 1. The van der Waals surface area contributed by atoms with Crippen LogP contribution < -0.4 is 5.30 Å². The summed E-state index contributed by atoms with van der Waals surface area (Å²) in [6.07, 6.45) is 4.00. The van der Waals surface area contributed by atoms with Gasteiger partial charge in [0.1, 0.15) is 18.7 Å². The fourth-order valence-corrected chi connectivity index (χ4v) is 7.68. The molecule has 0 amide bonds. The van der Waals surface area contributed by atoms with Gasteiger partial charge in [-0.15, -0.1) is 0 Å². The Morgan fingerprint density at radius 3 is 1.75 bits per heavy atom. The maximum atomic E-state index is 13.8. The van der Waals surface area contributed by atoms with Crippen molar-refractivity contribution >= 4 is 24.0 Å². The summed E-state index contributed by atoms with van der Waals surface area (Å²) in [5, 5.41) is 0.723. The Morgan fingerprint density at radius 1 is 0.850 bits per heavy atom. The van der Waals surface area contributed by atoms with Crippen LogP contribution in [0.3, 0.4) is 0 Å². The zero-order valence-electron chi connectivity index (χ0n) is 11.5. The highest BCUT2D eigenvalue weighted by Gasteiger charge is 2.50. The molecule has 4 heteroatoms. The number of ketones is 2.